The molecule has 0 aliphatic rings. The van der Waals surface area contributed by atoms with Crippen molar-refractivity contribution in [2.75, 3.05) is 5.32 Å². The van der Waals surface area contributed by atoms with Gasteiger partial charge in [0.25, 0.3) is 0 Å². The molecule has 0 saturated heterocycles. The Kier molecular flexibility index (Phi) is 4.50. The van der Waals surface area contributed by atoms with E-state index in [2.05, 4.69) is 25.3 Å². The van der Waals surface area contributed by atoms with Crippen molar-refractivity contribution >= 4 is 16.9 Å². The average molecular weight is 365 g/mol. The Morgan fingerprint density at radius 1 is 1.07 bits per heavy atom. The number of fused-ring (bicyclic) bond motifs is 1. The van der Waals surface area contributed by atoms with E-state index in [4.69, 9.17) is 0 Å². The molecule has 0 radical (unpaired) electrons. The maximum absolute atomic E-state index is 14.5. The number of nitrogens with one attached hydrogen (secondary N) is 2. The van der Waals surface area contributed by atoms with E-state index in [-0.39, 0.29) is 0 Å². The summed E-state index contributed by atoms with van der Waals surface area (Å²) in [5.74, 6) is -0.559. The van der Waals surface area contributed by atoms with Crippen molar-refractivity contribution in [3.8, 4) is 0 Å². The van der Waals surface area contributed by atoms with Crippen LogP contribution in [0.1, 0.15) is 22.3 Å². The van der Waals surface area contributed by atoms with Gasteiger partial charge in [0.2, 0.25) is 5.95 Å². The first kappa shape index (κ1) is 17.1. The van der Waals surface area contributed by atoms with E-state index < -0.39 is 11.8 Å². The van der Waals surface area contributed by atoms with Gasteiger partial charge < -0.3 is 10.3 Å². The number of pyridine rings is 3. The standard InChI is InChI=1S/C20H17F2N5/c1-12-4-17-15(10-26-20(17)25-7-12)6-14-2-3-18(27-19(14)22)24-9-13-5-16(21)11-23-8-13/h2-5,7-8,10-11H,6,9H2,1H3,(H,24,27)(H,25,26). The number of aromatic amines is 1. The van der Waals surface area contributed by atoms with Crippen molar-refractivity contribution in [2.45, 2.75) is 19.9 Å². The molecule has 0 atom stereocenters. The van der Waals surface area contributed by atoms with Crippen LogP contribution >= 0.6 is 0 Å². The second-order valence-corrected chi connectivity index (χ2v) is 6.41. The molecule has 4 heterocycles. The Morgan fingerprint density at radius 2 is 1.96 bits per heavy atom. The summed E-state index contributed by atoms with van der Waals surface area (Å²) in [6.07, 6.45) is 6.74. The van der Waals surface area contributed by atoms with Gasteiger partial charge in [-0.05, 0) is 41.8 Å². The summed E-state index contributed by atoms with van der Waals surface area (Å²) in [6.45, 7) is 2.28. The number of anilines is 1. The van der Waals surface area contributed by atoms with E-state index in [1.54, 1.807) is 24.5 Å². The highest BCUT2D eigenvalue weighted by atomic mass is 19.1. The van der Waals surface area contributed by atoms with Crippen LogP contribution in [0.15, 0.2) is 49.1 Å². The first-order valence-electron chi connectivity index (χ1n) is 8.50. The maximum atomic E-state index is 14.5. The molecule has 0 saturated carbocycles. The number of H-pyrrole nitrogens is 1. The molecular weight excluding hydrogens is 348 g/mol. The highest BCUT2D eigenvalue weighted by Gasteiger charge is 2.11. The van der Waals surface area contributed by atoms with Gasteiger partial charge in [-0.2, -0.15) is 4.39 Å². The van der Waals surface area contributed by atoms with E-state index in [9.17, 15) is 8.78 Å². The van der Waals surface area contributed by atoms with Gasteiger partial charge in [0.15, 0.2) is 0 Å². The molecule has 5 nitrogen and oxygen atoms in total. The normalized spacial score (nSPS) is 11.1. The lowest BCUT2D eigenvalue weighted by molar-refractivity contribution is 0.571. The van der Waals surface area contributed by atoms with Crippen LogP contribution in [0, 0.1) is 18.7 Å². The lowest BCUT2D eigenvalue weighted by Gasteiger charge is -2.08. The average Bonchev–Trinajstić information content (AvgIpc) is 3.04. The zero-order valence-corrected chi connectivity index (χ0v) is 14.6. The Labute approximate surface area is 154 Å². The molecule has 4 aromatic heterocycles. The third kappa shape index (κ3) is 3.76. The minimum atomic E-state index is -0.535. The predicted octanol–water partition coefficient (Wildman–Crippen LogP) is 4.14. The first-order chi connectivity index (χ1) is 13.1. The zero-order chi connectivity index (χ0) is 18.8. The van der Waals surface area contributed by atoms with E-state index in [0.717, 1.165) is 28.4 Å². The topological polar surface area (TPSA) is 66.5 Å². The van der Waals surface area contributed by atoms with Crippen molar-refractivity contribution in [1.29, 1.82) is 0 Å². The van der Waals surface area contributed by atoms with Gasteiger partial charge in [-0.1, -0.05) is 6.07 Å². The second-order valence-electron chi connectivity index (χ2n) is 6.41. The number of nitrogens with zero attached hydrogens (tertiary/aromatic N) is 3. The highest BCUT2D eigenvalue weighted by Crippen LogP contribution is 2.22. The smallest absolute Gasteiger partial charge is 0.218 e. The van der Waals surface area contributed by atoms with Crippen LogP contribution in [0.5, 0.6) is 0 Å². The zero-order valence-electron chi connectivity index (χ0n) is 14.6. The Hall–Kier alpha value is -3.35. The molecule has 4 aromatic rings. The number of aromatic nitrogens is 4. The minimum Gasteiger partial charge on any atom is -0.366 e. The first-order valence-corrected chi connectivity index (χ1v) is 8.50. The van der Waals surface area contributed by atoms with Gasteiger partial charge in [-0.25, -0.2) is 14.4 Å². The van der Waals surface area contributed by atoms with E-state index in [1.165, 1.54) is 6.07 Å². The molecule has 0 unspecified atom stereocenters. The van der Waals surface area contributed by atoms with Crippen molar-refractivity contribution in [2.24, 2.45) is 0 Å². The van der Waals surface area contributed by atoms with Crippen molar-refractivity contribution in [3.63, 3.8) is 0 Å². The van der Waals surface area contributed by atoms with Crippen LogP contribution < -0.4 is 5.32 Å². The van der Waals surface area contributed by atoms with Crippen molar-refractivity contribution in [1.82, 2.24) is 19.9 Å². The largest absolute Gasteiger partial charge is 0.366 e. The summed E-state index contributed by atoms with van der Waals surface area (Å²) in [7, 11) is 0. The van der Waals surface area contributed by atoms with E-state index in [1.807, 2.05) is 19.2 Å². The van der Waals surface area contributed by atoms with Crippen LogP contribution in [0.25, 0.3) is 11.0 Å². The molecule has 0 bridgehead atoms. The molecule has 4 rings (SSSR count). The van der Waals surface area contributed by atoms with Crippen LogP contribution in [-0.2, 0) is 13.0 Å². The Morgan fingerprint density at radius 3 is 2.78 bits per heavy atom. The molecule has 0 spiro atoms. The molecule has 0 aliphatic heterocycles. The lowest BCUT2D eigenvalue weighted by atomic mass is 10.1. The van der Waals surface area contributed by atoms with Crippen LogP contribution in [0.4, 0.5) is 14.6 Å². The molecular formula is C20H17F2N5. The number of hydrogen-bond donors (Lipinski definition) is 2. The number of rotatable bonds is 5. The predicted molar refractivity (Wildman–Crippen MR) is 99.4 cm³/mol. The fourth-order valence-corrected chi connectivity index (χ4v) is 2.95. The quantitative estimate of drug-likeness (QED) is 0.522. The van der Waals surface area contributed by atoms with Crippen LogP contribution in [-0.4, -0.2) is 19.9 Å². The molecule has 2 N–H and O–H groups in total. The fraction of sp³-hybridized carbons (Fsp3) is 0.150. The van der Waals surface area contributed by atoms with Gasteiger partial charge >= 0.3 is 0 Å². The number of aryl methyl sites for hydroxylation is 1. The lowest BCUT2D eigenvalue weighted by Crippen LogP contribution is -2.05. The van der Waals surface area contributed by atoms with E-state index >= 15 is 0 Å². The fourth-order valence-electron chi connectivity index (χ4n) is 2.95. The Bertz CT molecular complexity index is 1110. The second kappa shape index (κ2) is 7.11. The molecule has 0 fully saturated rings. The van der Waals surface area contributed by atoms with Gasteiger partial charge in [-0.3, -0.25) is 4.98 Å². The summed E-state index contributed by atoms with van der Waals surface area (Å²) >= 11 is 0. The summed E-state index contributed by atoms with van der Waals surface area (Å²) in [5.41, 5.74) is 3.95. The monoisotopic (exact) mass is 365 g/mol. The number of halogens is 2. The van der Waals surface area contributed by atoms with Gasteiger partial charge in [0, 0.05) is 42.5 Å². The van der Waals surface area contributed by atoms with Gasteiger partial charge in [-0.15, -0.1) is 0 Å². The van der Waals surface area contributed by atoms with Gasteiger partial charge in [0.1, 0.15) is 17.3 Å². The summed E-state index contributed by atoms with van der Waals surface area (Å²) in [6, 6.07) is 6.82. The molecule has 0 aromatic carbocycles. The summed E-state index contributed by atoms with van der Waals surface area (Å²) < 4.78 is 27.6. The molecule has 27 heavy (non-hydrogen) atoms. The SMILES string of the molecule is Cc1cnc2[nH]cc(Cc3ccc(NCc4cncc(F)c4)nc3F)c2c1. The minimum absolute atomic E-state index is 0.309. The van der Waals surface area contributed by atoms with Crippen LogP contribution in [0.3, 0.4) is 0 Å². The third-order valence-electron chi connectivity index (χ3n) is 4.30. The molecule has 0 amide bonds. The summed E-state index contributed by atoms with van der Waals surface area (Å²) in [5, 5.41) is 3.96. The third-order valence-corrected chi connectivity index (χ3v) is 4.30. The van der Waals surface area contributed by atoms with Crippen molar-refractivity contribution < 1.29 is 8.78 Å². The molecule has 7 heteroatoms. The molecule has 136 valence electrons. The van der Waals surface area contributed by atoms with Crippen molar-refractivity contribution in [3.05, 3.63) is 83.1 Å². The van der Waals surface area contributed by atoms with Crippen LogP contribution in [0.2, 0.25) is 0 Å². The molecule has 0 aliphatic carbocycles. The van der Waals surface area contributed by atoms with Gasteiger partial charge in [0.05, 0.1) is 6.20 Å². The summed E-state index contributed by atoms with van der Waals surface area (Å²) in [4.78, 5) is 15.2. The number of hydrogen-bond acceptors (Lipinski definition) is 4. The Balaban J connectivity index is 1.50. The van der Waals surface area contributed by atoms with E-state index in [0.29, 0.717) is 29.9 Å². The maximum Gasteiger partial charge on any atom is 0.218 e. The highest BCUT2D eigenvalue weighted by molar-refractivity contribution is 5.80.